The second-order valence-electron chi connectivity index (χ2n) is 4.38. The van der Waals surface area contributed by atoms with E-state index >= 15 is 0 Å². The normalized spacial score (nSPS) is 15.6. The third-order valence-corrected chi connectivity index (χ3v) is 2.61. The maximum Gasteiger partial charge on any atom is 0.431 e. The van der Waals surface area contributed by atoms with Gasteiger partial charge in [-0.2, -0.15) is 0 Å². The van der Waals surface area contributed by atoms with Crippen molar-refractivity contribution in [1.29, 1.82) is 0 Å². The van der Waals surface area contributed by atoms with Gasteiger partial charge >= 0.3 is 12.1 Å². The van der Waals surface area contributed by atoms with Crippen LogP contribution in [0.5, 0.6) is 0 Å². The zero-order chi connectivity index (χ0) is 17.6. The van der Waals surface area contributed by atoms with E-state index in [1.807, 2.05) is 0 Å². The number of rotatable bonds is 2. The molecule has 0 aromatic heterocycles. The Balaban J connectivity index is 0. The Hall–Kier alpha value is -2.98. The zero-order valence-corrected chi connectivity index (χ0v) is 12.5. The molecule has 0 aromatic carbocycles. The Labute approximate surface area is 145 Å². The van der Waals surface area contributed by atoms with Crippen LogP contribution in [0.4, 0.5) is 4.79 Å². The van der Waals surface area contributed by atoms with Crippen LogP contribution in [-0.2, 0) is 33.6 Å². The van der Waals surface area contributed by atoms with Gasteiger partial charge in [0, 0.05) is 39.7 Å². The summed E-state index contributed by atoms with van der Waals surface area (Å²) >= 11 is 0. The molecule has 5 amide bonds. The molecule has 11 nitrogen and oxygen atoms in total. The van der Waals surface area contributed by atoms with Gasteiger partial charge in [0.1, 0.15) is 0 Å². The van der Waals surface area contributed by atoms with Crippen molar-refractivity contribution in [1.82, 2.24) is 15.4 Å². The van der Waals surface area contributed by atoms with Gasteiger partial charge < -0.3 is 15.0 Å². The van der Waals surface area contributed by atoms with Crippen LogP contribution in [0, 0.1) is 0 Å². The van der Waals surface area contributed by atoms with Crippen molar-refractivity contribution in [3.8, 4) is 0 Å². The third kappa shape index (κ3) is 6.97. The Morgan fingerprint density at radius 2 is 1.12 bits per heavy atom. The van der Waals surface area contributed by atoms with Crippen LogP contribution in [0.3, 0.4) is 0 Å². The SMILES string of the molecule is C.C.CC(=O)ON1C(=O)CCC1=O.CNC(=O)ON1C(=O)CCC1=O. The molecule has 0 bridgehead atoms. The lowest BCUT2D eigenvalue weighted by Gasteiger charge is -2.11. The van der Waals surface area contributed by atoms with Crippen molar-refractivity contribution in [2.24, 2.45) is 0 Å². The Kier molecular flexibility index (Phi) is 10.4. The number of hydrogen-bond acceptors (Lipinski definition) is 8. The molecule has 2 aliphatic heterocycles. The van der Waals surface area contributed by atoms with Crippen LogP contribution in [0.2, 0.25) is 0 Å². The van der Waals surface area contributed by atoms with E-state index in [0.29, 0.717) is 10.1 Å². The Morgan fingerprint density at radius 1 is 0.800 bits per heavy atom. The van der Waals surface area contributed by atoms with Crippen molar-refractivity contribution in [3.63, 3.8) is 0 Å². The highest BCUT2D eigenvalue weighted by Crippen LogP contribution is 2.12. The minimum Gasteiger partial charge on any atom is -0.331 e. The van der Waals surface area contributed by atoms with E-state index in [-0.39, 0.29) is 40.5 Å². The number of carbonyl (C=O) groups is 6. The van der Waals surface area contributed by atoms with Gasteiger partial charge in [0.25, 0.3) is 23.6 Å². The fraction of sp³-hybridized carbons (Fsp3) is 0.571. The van der Waals surface area contributed by atoms with Crippen molar-refractivity contribution >= 4 is 35.7 Å². The summed E-state index contributed by atoms with van der Waals surface area (Å²) in [5.41, 5.74) is 0. The number of nitrogens with one attached hydrogen (secondary N) is 1. The molecule has 2 heterocycles. The minimum atomic E-state index is -0.821. The first-order chi connectivity index (χ1) is 10.8. The lowest BCUT2D eigenvalue weighted by molar-refractivity contribution is -0.195. The fourth-order valence-electron chi connectivity index (χ4n) is 1.57. The number of hydrogen-bond donors (Lipinski definition) is 1. The Morgan fingerprint density at radius 3 is 1.40 bits per heavy atom. The number of nitrogens with zero attached hydrogens (tertiary/aromatic N) is 2. The monoisotopic (exact) mass is 361 g/mol. The van der Waals surface area contributed by atoms with Crippen LogP contribution in [0.25, 0.3) is 0 Å². The summed E-state index contributed by atoms with van der Waals surface area (Å²) in [6, 6.07) is 0. The second-order valence-corrected chi connectivity index (χ2v) is 4.38. The maximum absolute atomic E-state index is 10.8. The molecule has 2 saturated heterocycles. The highest BCUT2D eigenvalue weighted by atomic mass is 16.7. The predicted molar refractivity (Wildman–Crippen MR) is 82.9 cm³/mol. The molecule has 0 aliphatic carbocycles. The predicted octanol–water partition coefficient (Wildman–Crippen LogP) is 0.292. The van der Waals surface area contributed by atoms with Crippen molar-refractivity contribution in [2.45, 2.75) is 47.5 Å². The smallest absolute Gasteiger partial charge is 0.331 e. The molecule has 2 rings (SSSR count). The first kappa shape index (κ1) is 24.3. The molecule has 2 fully saturated rings. The number of imide groups is 2. The summed E-state index contributed by atoms with van der Waals surface area (Å²) < 4.78 is 0. The summed E-state index contributed by atoms with van der Waals surface area (Å²) in [5, 5.41) is 3.13. The van der Waals surface area contributed by atoms with Crippen LogP contribution >= 0.6 is 0 Å². The van der Waals surface area contributed by atoms with Crippen LogP contribution in [-0.4, -0.2) is 52.9 Å². The molecule has 0 spiro atoms. The molecule has 11 heteroatoms. The van der Waals surface area contributed by atoms with Gasteiger partial charge in [-0.3, -0.25) is 19.2 Å². The average molecular weight is 361 g/mol. The van der Waals surface area contributed by atoms with Gasteiger partial charge in [-0.15, -0.1) is 10.1 Å². The first-order valence-electron chi connectivity index (χ1n) is 6.56. The zero-order valence-electron chi connectivity index (χ0n) is 12.5. The lowest BCUT2D eigenvalue weighted by atomic mass is 10.4. The average Bonchev–Trinajstić information content (AvgIpc) is 2.97. The largest absolute Gasteiger partial charge is 0.431 e. The van der Waals surface area contributed by atoms with Crippen LogP contribution < -0.4 is 5.32 Å². The summed E-state index contributed by atoms with van der Waals surface area (Å²) in [6.07, 6.45) is -0.345. The molecular formula is C14H23N3O8. The van der Waals surface area contributed by atoms with Gasteiger partial charge in [-0.1, -0.05) is 14.9 Å². The standard InChI is InChI=1S/C6H8N2O4.C6H7NO4.2CH4/c1-7-6(11)12-8-4(9)2-3-5(8)10;1-4(8)11-7-5(9)2-3-6(7)10;;/h2-3H2,1H3,(H,7,11);2-3H2,1H3;2*1H4. The van der Waals surface area contributed by atoms with E-state index in [9.17, 15) is 28.8 Å². The third-order valence-electron chi connectivity index (χ3n) is 2.61. The van der Waals surface area contributed by atoms with E-state index in [2.05, 4.69) is 15.0 Å². The Bertz CT molecular complexity index is 528. The molecule has 0 aromatic rings. The molecule has 2 aliphatic rings. The lowest BCUT2D eigenvalue weighted by Crippen LogP contribution is -2.35. The highest BCUT2D eigenvalue weighted by molar-refractivity contribution is 6.02. The molecular weight excluding hydrogens is 338 g/mol. The van der Waals surface area contributed by atoms with Gasteiger partial charge in [0.15, 0.2) is 0 Å². The number of amides is 5. The fourth-order valence-corrected chi connectivity index (χ4v) is 1.57. The van der Waals surface area contributed by atoms with Gasteiger partial charge in [0.05, 0.1) is 0 Å². The molecule has 0 atom stereocenters. The molecule has 142 valence electrons. The molecule has 25 heavy (non-hydrogen) atoms. The maximum atomic E-state index is 10.8. The number of hydroxylamine groups is 4. The van der Waals surface area contributed by atoms with Crippen LogP contribution in [0.1, 0.15) is 47.5 Å². The first-order valence-corrected chi connectivity index (χ1v) is 6.56. The topological polar surface area (TPSA) is 139 Å². The van der Waals surface area contributed by atoms with Crippen molar-refractivity contribution in [2.75, 3.05) is 7.05 Å². The van der Waals surface area contributed by atoms with E-state index in [1.54, 1.807) is 0 Å². The van der Waals surface area contributed by atoms with Crippen molar-refractivity contribution in [3.05, 3.63) is 0 Å². The number of carbonyl (C=O) groups excluding carboxylic acids is 6. The van der Waals surface area contributed by atoms with E-state index in [4.69, 9.17) is 0 Å². The van der Waals surface area contributed by atoms with E-state index in [0.717, 1.165) is 6.92 Å². The summed E-state index contributed by atoms with van der Waals surface area (Å²) in [4.78, 5) is 72.8. The van der Waals surface area contributed by atoms with E-state index in [1.165, 1.54) is 7.05 Å². The molecule has 0 saturated carbocycles. The summed E-state index contributed by atoms with van der Waals surface area (Å²) in [7, 11) is 1.34. The second kappa shape index (κ2) is 10.7. The summed E-state index contributed by atoms with van der Waals surface area (Å²) in [5.74, 6) is -2.53. The van der Waals surface area contributed by atoms with Gasteiger partial charge in [0.2, 0.25) is 0 Å². The quantitative estimate of drug-likeness (QED) is 0.692. The molecule has 0 unspecified atom stereocenters. The van der Waals surface area contributed by atoms with Gasteiger partial charge in [-0.25, -0.2) is 9.59 Å². The highest BCUT2D eigenvalue weighted by Gasteiger charge is 2.33. The van der Waals surface area contributed by atoms with E-state index < -0.39 is 35.7 Å². The van der Waals surface area contributed by atoms with Crippen molar-refractivity contribution < 1.29 is 38.4 Å². The summed E-state index contributed by atoms with van der Waals surface area (Å²) in [6.45, 7) is 1.14. The minimum absolute atomic E-state index is 0. The van der Waals surface area contributed by atoms with Crippen LogP contribution in [0.15, 0.2) is 0 Å². The molecule has 1 N–H and O–H groups in total. The molecule has 0 radical (unpaired) electrons. The van der Waals surface area contributed by atoms with Gasteiger partial charge in [-0.05, 0) is 0 Å².